The molecule has 0 aromatic carbocycles. The zero-order valence-electron chi connectivity index (χ0n) is 13.7. The van der Waals surface area contributed by atoms with Crippen molar-refractivity contribution in [2.24, 2.45) is 0 Å². The standard InChI is InChI=1S/3C6H10.W/c3*1-3-5-6-4-2;/h3*3-4H2,1-2H3;. The van der Waals surface area contributed by atoms with Gasteiger partial charge in [-0.1, -0.05) is 41.5 Å². The Bertz CT molecular complexity index is 219. The van der Waals surface area contributed by atoms with Gasteiger partial charge in [-0.2, -0.15) is 0 Å². The van der Waals surface area contributed by atoms with Gasteiger partial charge in [-0.15, -0.1) is 35.5 Å². The van der Waals surface area contributed by atoms with Gasteiger partial charge in [-0.05, 0) is 0 Å². The smallest absolute Gasteiger partial charge is 0.00602 e. The van der Waals surface area contributed by atoms with Gasteiger partial charge in [0.15, 0.2) is 0 Å². The Morgan fingerprint density at radius 1 is 0.368 bits per heavy atom. The molecule has 0 heterocycles. The fourth-order valence-corrected chi connectivity index (χ4v) is 0.750. The number of rotatable bonds is 0. The van der Waals surface area contributed by atoms with E-state index in [1.165, 1.54) is 0 Å². The second kappa shape index (κ2) is 36.0. The summed E-state index contributed by atoms with van der Waals surface area (Å²) in [6.07, 6.45) is 5.96. The van der Waals surface area contributed by atoms with Crippen LogP contribution in [0.1, 0.15) is 80.1 Å². The van der Waals surface area contributed by atoms with Gasteiger partial charge in [-0.3, -0.25) is 0 Å². The van der Waals surface area contributed by atoms with E-state index in [1.807, 2.05) is 0 Å². The zero-order valence-corrected chi connectivity index (χ0v) is 16.6. The summed E-state index contributed by atoms with van der Waals surface area (Å²) in [7, 11) is 0. The molecule has 0 aliphatic carbocycles. The van der Waals surface area contributed by atoms with Gasteiger partial charge in [0.2, 0.25) is 0 Å². The molecule has 0 atom stereocenters. The molecule has 0 saturated carbocycles. The first-order valence-electron chi connectivity index (χ1n) is 7.11. The minimum Gasteiger partial charge on any atom is -0.104 e. The molecule has 0 N–H and O–H groups in total. The summed E-state index contributed by atoms with van der Waals surface area (Å²) in [6.45, 7) is 12.3. The predicted molar refractivity (Wildman–Crippen MR) is 85.1 cm³/mol. The van der Waals surface area contributed by atoms with Crippen LogP contribution in [0, 0.1) is 35.5 Å². The molecule has 108 valence electrons. The van der Waals surface area contributed by atoms with Crippen molar-refractivity contribution in [2.45, 2.75) is 80.1 Å². The zero-order chi connectivity index (χ0) is 14.5. The fraction of sp³-hybridized carbons (Fsp3) is 0.667. The molecular weight excluding hydrogens is 400 g/mol. The molecule has 0 aromatic rings. The van der Waals surface area contributed by atoms with E-state index in [0.29, 0.717) is 0 Å². The predicted octanol–water partition coefficient (Wildman–Crippen LogP) is 5.43. The van der Waals surface area contributed by atoms with Crippen LogP contribution in [0.2, 0.25) is 0 Å². The summed E-state index contributed by atoms with van der Waals surface area (Å²) in [6, 6.07) is 0. The molecule has 0 fully saturated rings. The minimum absolute atomic E-state index is 0. The van der Waals surface area contributed by atoms with Crippen LogP contribution in [0.5, 0.6) is 0 Å². The van der Waals surface area contributed by atoms with E-state index in [1.54, 1.807) is 0 Å². The molecule has 0 unspecified atom stereocenters. The van der Waals surface area contributed by atoms with Gasteiger partial charge in [0, 0.05) is 59.6 Å². The van der Waals surface area contributed by atoms with Gasteiger partial charge in [0.1, 0.15) is 0 Å². The van der Waals surface area contributed by atoms with Crippen LogP contribution in [-0.2, 0) is 21.1 Å². The first kappa shape index (κ1) is 26.8. The molecule has 0 aliphatic heterocycles. The number of hydrogen-bond donors (Lipinski definition) is 0. The molecule has 0 rings (SSSR count). The third-order valence-corrected chi connectivity index (χ3v) is 1.44. The number of hydrogen-bond acceptors (Lipinski definition) is 0. The average Bonchev–Trinajstić information content (AvgIpc) is 2.42. The van der Waals surface area contributed by atoms with Crippen molar-refractivity contribution >= 4 is 0 Å². The third kappa shape index (κ3) is 58.6. The Balaban J connectivity index is -0.0000000865. The van der Waals surface area contributed by atoms with E-state index in [0.717, 1.165) is 38.5 Å². The van der Waals surface area contributed by atoms with E-state index in [2.05, 4.69) is 77.1 Å². The fourth-order valence-electron chi connectivity index (χ4n) is 0.750. The minimum atomic E-state index is 0. The second-order valence-electron chi connectivity index (χ2n) is 3.18. The third-order valence-electron chi connectivity index (χ3n) is 1.44. The average molecular weight is 430 g/mol. The molecule has 0 radical (unpaired) electrons. The first-order chi connectivity index (χ1) is 8.74. The normalized spacial score (nSPS) is 6.00. The van der Waals surface area contributed by atoms with Crippen LogP contribution in [0.4, 0.5) is 0 Å². The van der Waals surface area contributed by atoms with Gasteiger partial charge in [0.25, 0.3) is 0 Å². The van der Waals surface area contributed by atoms with E-state index in [-0.39, 0.29) is 21.1 Å². The van der Waals surface area contributed by atoms with Crippen molar-refractivity contribution < 1.29 is 21.1 Å². The topological polar surface area (TPSA) is 0 Å². The first-order valence-corrected chi connectivity index (χ1v) is 7.11. The Morgan fingerprint density at radius 3 is 0.526 bits per heavy atom. The Kier molecular flexibility index (Phi) is 50.9. The van der Waals surface area contributed by atoms with E-state index >= 15 is 0 Å². The van der Waals surface area contributed by atoms with Gasteiger partial charge >= 0.3 is 0 Å². The summed E-state index contributed by atoms with van der Waals surface area (Å²) >= 11 is 0. The maximum atomic E-state index is 2.95. The molecule has 0 bridgehead atoms. The van der Waals surface area contributed by atoms with E-state index < -0.39 is 0 Å². The molecule has 0 nitrogen and oxygen atoms in total. The SMILES string of the molecule is CCC#CCC.CCC#CCC.CCC#CCC.[W]. The molecule has 0 spiro atoms. The maximum absolute atomic E-state index is 2.95. The van der Waals surface area contributed by atoms with Crippen LogP contribution >= 0.6 is 0 Å². The largest absolute Gasteiger partial charge is 0.104 e. The van der Waals surface area contributed by atoms with E-state index in [9.17, 15) is 0 Å². The summed E-state index contributed by atoms with van der Waals surface area (Å²) in [4.78, 5) is 0. The summed E-state index contributed by atoms with van der Waals surface area (Å²) in [5.74, 6) is 17.7. The van der Waals surface area contributed by atoms with Gasteiger partial charge < -0.3 is 0 Å². The molecule has 0 amide bonds. The maximum Gasteiger partial charge on any atom is 0.00602 e. The van der Waals surface area contributed by atoms with Crippen molar-refractivity contribution in [3.05, 3.63) is 0 Å². The Morgan fingerprint density at radius 2 is 0.474 bits per heavy atom. The summed E-state index contributed by atoms with van der Waals surface area (Å²) < 4.78 is 0. The van der Waals surface area contributed by atoms with Crippen LogP contribution in [-0.4, -0.2) is 0 Å². The molecule has 0 saturated heterocycles. The molecule has 19 heavy (non-hydrogen) atoms. The molecule has 0 aliphatic rings. The molecular formula is C18H30W. The summed E-state index contributed by atoms with van der Waals surface area (Å²) in [5, 5.41) is 0. The van der Waals surface area contributed by atoms with Crippen LogP contribution in [0.15, 0.2) is 0 Å². The van der Waals surface area contributed by atoms with Crippen molar-refractivity contribution in [3.63, 3.8) is 0 Å². The molecule has 1 heteroatoms. The summed E-state index contributed by atoms with van der Waals surface area (Å²) in [5.41, 5.74) is 0. The van der Waals surface area contributed by atoms with Crippen molar-refractivity contribution in [1.82, 2.24) is 0 Å². The van der Waals surface area contributed by atoms with Crippen molar-refractivity contribution in [3.8, 4) is 35.5 Å². The Hall–Kier alpha value is -0.632. The Labute approximate surface area is 136 Å². The van der Waals surface area contributed by atoms with Gasteiger partial charge in [0.05, 0.1) is 0 Å². The van der Waals surface area contributed by atoms with Crippen LogP contribution < -0.4 is 0 Å². The van der Waals surface area contributed by atoms with Gasteiger partial charge in [-0.25, -0.2) is 0 Å². The van der Waals surface area contributed by atoms with Crippen LogP contribution in [0.25, 0.3) is 0 Å². The monoisotopic (exact) mass is 430 g/mol. The van der Waals surface area contributed by atoms with Crippen LogP contribution in [0.3, 0.4) is 0 Å². The van der Waals surface area contributed by atoms with Crippen molar-refractivity contribution in [1.29, 1.82) is 0 Å². The van der Waals surface area contributed by atoms with E-state index in [4.69, 9.17) is 0 Å². The second-order valence-corrected chi connectivity index (χ2v) is 3.18. The van der Waals surface area contributed by atoms with Crippen molar-refractivity contribution in [2.75, 3.05) is 0 Å². The molecule has 0 aromatic heterocycles. The quantitative estimate of drug-likeness (QED) is 0.450.